The minimum absolute atomic E-state index is 0.242. The molecule has 0 aromatic heterocycles. The molecule has 1 fully saturated rings. The molecule has 2 rings (SSSR count). The Bertz CT molecular complexity index is 455. The van der Waals surface area contributed by atoms with E-state index in [0.717, 1.165) is 24.9 Å². The summed E-state index contributed by atoms with van der Waals surface area (Å²) in [7, 11) is 0. The number of hydrogen-bond donors (Lipinski definition) is 1. The lowest BCUT2D eigenvalue weighted by Crippen LogP contribution is -2.48. The number of carbonyl (C=O) groups is 1. The summed E-state index contributed by atoms with van der Waals surface area (Å²) in [5.74, 6) is 0.715. The highest BCUT2D eigenvalue weighted by molar-refractivity contribution is 5.79. The van der Waals surface area contributed by atoms with Crippen LogP contribution in [0.2, 0.25) is 0 Å². The van der Waals surface area contributed by atoms with Crippen molar-refractivity contribution in [3.05, 3.63) is 35.4 Å². The van der Waals surface area contributed by atoms with Crippen LogP contribution in [0.3, 0.4) is 0 Å². The zero-order valence-corrected chi connectivity index (χ0v) is 13.3. The number of aryl methyl sites for hydroxylation is 1. The molecule has 1 aliphatic carbocycles. The molecule has 2 unspecified atom stereocenters. The maximum Gasteiger partial charge on any atom is 0.227 e. The van der Waals surface area contributed by atoms with Crippen molar-refractivity contribution < 1.29 is 4.79 Å². The summed E-state index contributed by atoms with van der Waals surface area (Å²) >= 11 is 0. The lowest BCUT2D eigenvalue weighted by Gasteiger charge is -2.39. The van der Waals surface area contributed by atoms with Gasteiger partial charge in [0, 0.05) is 12.6 Å². The SMILES string of the molecule is CCN(C(=O)Cc1ccc(C)cc1)C1CCCCC1CN. The summed E-state index contributed by atoms with van der Waals surface area (Å²) in [5.41, 5.74) is 8.25. The Labute approximate surface area is 128 Å². The first-order valence-corrected chi connectivity index (χ1v) is 8.20. The van der Waals surface area contributed by atoms with Crippen LogP contribution in [0.1, 0.15) is 43.7 Å². The van der Waals surface area contributed by atoms with E-state index in [1.54, 1.807) is 0 Å². The van der Waals surface area contributed by atoms with Crippen LogP contribution < -0.4 is 5.73 Å². The van der Waals surface area contributed by atoms with Crippen molar-refractivity contribution in [2.75, 3.05) is 13.1 Å². The Morgan fingerprint density at radius 1 is 1.24 bits per heavy atom. The molecule has 2 atom stereocenters. The van der Waals surface area contributed by atoms with Crippen LogP contribution in [0.15, 0.2) is 24.3 Å². The smallest absolute Gasteiger partial charge is 0.227 e. The lowest BCUT2D eigenvalue weighted by atomic mass is 9.83. The molecule has 1 aromatic rings. The van der Waals surface area contributed by atoms with Gasteiger partial charge in [-0.15, -0.1) is 0 Å². The average molecular weight is 288 g/mol. The fourth-order valence-electron chi connectivity index (χ4n) is 3.45. The molecular formula is C18H28N2O. The molecule has 3 nitrogen and oxygen atoms in total. The topological polar surface area (TPSA) is 46.3 Å². The Balaban J connectivity index is 2.05. The molecule has 1 aliphatic rings. The molecule has 21 heavy (non-hydrogen) atoms. The Morgan fingerprint density at radius 2 is 1.90 bits per heavy atom. The Hall–Kier alpha value is -1.35. The predicted molar refractivity (Wildman–Crippen MR) is 87.1 cm³/mol. The second-order valence-electron chi connectivity index (χ2n) is 6.19. The normalized spacial score (nSPS) is 22.0. The van der Waals surface area contributed by atoms with Gasteiger partial charge >= 0.3 is 0 Å². The predicted octanol–water partition coefficient (Wildman–Crippen LogP) is 2.90. The van der Waals surface area contributed by atoms with Gasteiger partial charge in [0.05, 0.1) is 6.42 Å². The van der Waals surface area contributed by atoms with Crippen molar-refractivity contribution >= 4 is 5.91 Å². The van der Waals surface area contributed by atoms with Crippen LogP contribution in [-0.4, -0.2) is 29.9 Å². The van der Waals surface area contributed by atoms with E-state index in [1.165, 1.54) is 18.4 Å². The van der Waals surface area contributed by atoms with Gasteiger partial charge in [-0.1, -0.05) is 42.7 Å². The van der Waals surface area contributed by atoms with Crippen LogP contribution in [0.25, 0.3) is 0 Å². The second-order valence-corrected chi connectivity index (χ2v) is 6.19. The second kappa shape index (κ2) is 7.60. The first kappa shape index (κ1) is 16.0. The Morgan fingerprint density at radius 3 is 2.52 bits per heavy atom. The van der Waals surface area contributed by atoms with Crippen LogP contribution in [0.4, 0.5) is 0 Å². The van der Waals surface area contributed by atoms with Gasteiger partial charge < -0.3 is 10.6 Å². The van der Waals surface area contributed by atoms with Gasteiger partial charge in [0.1, 0.15) is 0 Å². The molecular weight excluding hydrogens is 260 g/mol. The molecule has 1 saturated carbocycles. The van der Waals surface area contributed by atoms with Gasteiger partial charge in [-0.3, -0.25) is 4.79 Å². The molecule has 0 bridgehead atoms. The van der Waals surface area contributed by atoms with Gasteiger partial charge in [-0.2, -0.15) is 0 Å². The maximum absolute atomic E-state index is 12.7. The molecule has 1 amide bonds. The van der Waals surface area contributed by atoms with E-state index < -0.39 is 0 Å². The number of likely N-dealkylation sites (N-methyl/N-ethyl adjacent to an activating group) is 1. The standard InChI is InChI=1S/C18H28N2O/c1-3-20(17-7-5-4-6-16(17)13-19)18(21)12-15-10-8-14(2)9-11-15/h8-11,16-17H,3-7,12-13,19H2,1-2H3. The van der Waals surface area contributed by atoms with Gasteiger partial charge in [-0.25, -0.2) is 0 Å². The summed E-state index contributed by atoms with van der Waals surface area (Å²) in [4.78, 5) is 14.7. The van der Waals surface area contributed by atoms with E-state index in [1.807, 2.05) is 0 Å². The third kappa shape index (κ3) is 4.07. The summed E-state index contributed by atoms with van der Waals surface area (Å²) in [6, 6.07) is 8.60. The third-order valence-electron chi connectivity index (χ3n) is 4.71. The number of carbonyl (C=O) groups excluding carboxylic acids is 1. The minimum atomic E-state index is 0.242. The number of benzene rings is 1. The fraction of sp³-hybridized carbons (Fsp3) is 0.611. The van der Waals surface area contributed by atoms with Crippen molar-refractivity contribution in [2.24, 2.45) is 11.7 Å². The fourth-order valence-corrected chi connectivity index (χ4v) is 3.45. The molecule has 0 spiro atoms. The maximum atomic E-state index is 12.7. The van der Waals surface area contributed by atoms with E-state index >= 15 is 0 Å². The molecule has 0 aliphatic heterocycles. The van der Waals surface area contributed by atoms with Crippen molar-refractivity contribution in [1.29, 1.82) is 0 Å². The number of nitrogens with zero attached hydrogens (tertiary/aromatic N) is 1. The van der Waals surface area contributed by atoms with E-state index in [0.29, 0.717) is 24.9 Å². The third-order valence-corrected chi connectivity index (χ3v) is 4.71. The average Bonchev–Trinajstić information content (AvgIpc) is 2.51. The van der Waals surface area contributed by atoms with Gasteiger partial charge in [0.25, 0.3) is 0 Å². The highest BCUT2D eigenvalue weighted by Gasteiger charge is 2.31. The van der Waals surface area contributed by atoms with Gasteiger partial charge in [0.2, 0.25) is 5.91 Å². The molecule has 3 heteroatoms. The molecule has 0 radical (unpaired) electrons. The molecule has 2 N–H and O–H groups in total. The molecule has 0 saturated heterocycles. The van der Waals surface area contributed by atoms with Gasteiger partial charge in [-0.05, 0) is 44.7 Å². The first-order chi connectivity index (χ1) is 10.2. The van der Waals surface area contributed by atoms with Crippen molar-refractivity contribution in [1.82, 2.24) is 4.90 Å². The number of amides is 1. The summed E-state index contributed by atoms with van der Waals surface area (Å²) in [6.45, 7) is 5.62. The van der Waals surface area contributed by atoms with Crippen molar-refractivity contribution in [3.8, 4) is 0 Å². The first-order valence-electron chi connectivity index (χ1n) is 8.20. The van der Waals surface area contributed by atoms with Crippen molar-refractivity contribution in [3.63, 3.8) is 0 Å². The number of hydrogen-bond acceptors (Lipinski definition) is 2. The summed E-state index contributed by atoms with van der Waals surface area (Å²) in [6.07, 6.45) is 5.24. The Kier molecular flexibility index (Phi) is 5.80. The van der Waals surface area contributed by atoms with Crippen LogP contribution in [0, 0.1) is 12.8 Å². The van der Waals surface area contributed by atoms with Crippen LogP contribution in [0.5, 0.6) is 0 Å². The molecule has 116 valence electrons. The number of nitrogens with two attached hydrogens (primary N) is 1. The van der Waals surface area contributed by atoms with Crippen LogP contribution >= 0.6 is 0 Å². The van der Waals surface area contributed by atoms with E-state index in [2.05, 4.69) is 43.0 Å². The largest absolute Gasteiger partial charge is 0.339 e. The van der Waals surface area contributed by atoms with Crippen LogP contribution in [-0.2, 0) is 11.2 Å². The van der Waals surface area contributed by atoms with E-state index in [-0.39, 0.29) is 5.91 Å². The zero-order valence-electron chi connectivity index (χ0n) is 13.3. The monoisotopic (exact) mass is 288 g/mol. The summed E-state index contributed by atoms with van der Waals surface area (Å²) < 4.78 is 0. The summed E-state index contributed by atoms with van der Waals surface area (Å²) in [5, 5.41) is 0. The van der Waals surface area contributed by atoms with E-state index in [4.69, 9.17) is 5.73 Å². The van der Waals surface area contributed by atoms with E-state index in [9.17, 15) is 4.79 Å². The highest BCUT2D eigenvalue weighted by atomic mass is 16.2. The zero-order chi connectivity index (χ0) is 15.2. The quantitative estimate of drug-likeness (QED) is 0.905. The molecule has 1 aromatic carbocycles. The van der Waals surface area contributed by atoms with Gasteiger partial charge in [0.15, 0.2) is 0 Å². The van der Waals surface area contributed by atoms with Crippen molar-refractivity contribution in [2.45, 2.75) is 52.0 Å². The highest BCUT2D eigenvalue weighted by Crippen LogP contribution is 2.28. The number of rotatable bonds is 5. The lowest BCUT2D eigenvalue weighted by molar-refractivity contribution is -0.134. The minimum Gasteiger partial charge on any atom is -0.339 e. The molecule has 0 heterocycles.